The van der Waals surface area contributed by atoms with Crippen molar-refractivity contribution < 1.29 is 14.3 Å². The van der Waals surface area contributed by atoms with E-state index >= 15 is 0 Å². The highest BCUT2D eigenvalue weighted by Crippen LogP contribution is 2.39. The Morgan fingerprint density at radius 3 is 2.78 bits per heavy atom. The maximum atomic E-state index is 11.8. The van der Waals surface area contributed by atoms with E-state index in [4.69, 9.17) is 4.74 Å². The molecule has 0 spiro atoms. The van der Waals surface area contributed by atoms with Crippen LogP contribution < -0.4 is 0 Å². The standard InChI is InChI=1S/C14H15BrO3/c1-18-14(17)12-8-9(16)6-7-10(12)11-4-2-3-5-13(11)15/h2-5,10,12H,6-8H2,1H3/t10-,12+/m0/s1. The Balaban J connectivity index is 2.32. The van der Waals surface area contributed by atoms with Crippen LogP contribution in [0.5, 0.6) is 0 Å². The normalized spacial score (nSPS) is 23.8. The molecule has 1 aliphatic rings. The van der Waals surface area contributed by atoms with Crippen LogP contribution >= 0.6 is 15.9 Å². The second kappa shape index (κ2) is 5.65. The van der Waals surface area contributed by atoms with E-state index < -0.39 is 0 Å². The lowest BCUT2D eigenvalue weighted by molar-refractivity contribution is -0.149. The SMILES string of the molecule is COC(=O)[C@@H]1CC(=O)CC[C@H]1c1ccccc1Br. The number of benzene rings is 1. The molecule has 1 aromatic rings. The fraction of sp³-hybridized carbons (Fsp3) is 0.429. The third-order valence-electron chi connectivity index (χ3n) is 3.48. The van der Waals surface area contributed by atoms with Crippen molar-refractivity contribution in [2.24, 2.45) is 5.92 Å². The van der Waals surface area contributed by atoms with Gasteiger partial charge in [0.25, 0.3) is 0 Å². The van der Waals surface area contributed by atoms with Gasteiger partial charge in [0.05, 0.1) is 13.0 Å². The Kier molecular flexibility index (Phi) is 4.17. The lowest BCUT2D eigenvalue weighted by atomic mass is 9.75. The van der Waals surface area contributed by atoms with E-state index in [1.807, 2.05) is 24.3 Å². The number of ether oxygens (including phenoxy) is 1. The Morgan fingerprint density at radius 1 is 1.39 bits per heavy atom. The first-order valence-electron chi connectivity index (χ1n) is 5.97. The topological polar surface area (TPSA) is 43.4 Å². The lowest BCUT2D eigenvalue weighted by Gasteiger charge is -2.29. The van der Waals surface area contributed by atoms with Crippen LogP contribution in [-0.2, 0) is 14.3 Å². The molecule has 18 heavy (non-hydrogen) atoms. The minimum absolute atomic E-state index is 0.0609. The molecule has 0 heterocycles. The predicted molar refractivity (Wildman–Crippen MR) is 71.2 cm³/mol. The Labute approximate surface area is 115 Å². The van der Waals surface area contributed by atoms with E-state index in [-0.39, 0.29) is 23.6 Å². The number of methoxy groups -OCH3 is 1. The van der Waals surface area contributed by atoms with Gasteiger partial charge in [-0.2, -0.15) is 0 Å². The van der Waals surface area contributed by atoms with Crippen LogP contribution in [0.4, 0.5) is 0 Å². The summed E-state index contributed by atoms with van der Waals surface area (Å²) in [6.07, 6.45) is 1.54. The van der Waals surface area contributed by atoms with Crippen molar-refractivity contribution in [3.05, 3.63) is 34.3 Å². The van der Waals surface area contributed by atoms with Gasteiger partial charge in [-0.15, -0.1) is 0 Å². The molecule has 2 atom stereocenters. The number of rotatable bonds is 2. The molecule has 1 aliphatic carbocycles. The number of esters is 1. The molecule has 1 aromatic carbocycles. The molecule has 96 valence electrons. The lowest BCUT2D eigenvalue weighted by Crippen LogP contribution is -2.30. The summed E-state index contributed by atoms with van der Waals surface area (Å²) in [7, 11) is 1.37. The summed E-state index contributed by atoms with van der Waals surface area (Å²) in [6, 6.07) is 7.85. The van der Waals surface area contributed by atoms with Gasteiger partial charge in [0.15, 0.2) is 0 Å². The monoisotopic (exact) mass is 310 g/mol. The molecule has 3 nitrogen and oxygen atoms in total. The summed E-state index contributed by atoms with van der Waals surface area (Å²) in [4.78, 5) is 23.4. The van der Waals surface area contributed by atoms with Gasteiger partial charge >= 0.3 is 5.97 Å². The smallest absolute Gasteiger partial charge is 0.309 e. The van der Waals surface area contributed by atoms with Crippen LogP contribution in [0.1, 0.15) is 30.7 Å². The molecule has 1 fully saturated rings. The summed E-state index contributed by atoms with van der Waals surface area (Å²) in [6.45, 7) is 0. The number of halogens is 1. The molecular formula is C14H15BrO3. The van der Waals surface area contributed by atoms with Gasteiger partial charge in [-0.25, -0.2) is 0 Å². The third-order valence-corrected chi connectivity index (χ3v) is 4.20. The predicted octanol–water partition coefficient (Wildman–Crippen LogP) is 3.07. The van der Waals surface area contributed by atoms with Gasteiger partial charge < -0.3 is 4.74 Å². The van der Waals surface area contributed by atoms with Crippen LogP contribution in [0.25, 0.3) is 0 Å². The Bertz CT molecular complexity index is 470. The number of ketones is 1. The van der Waals surface area contributed by atoms with Crippen LogP contribution in [0.2, 0.25) is 0 Å². The zero-order valence-corrected chi connectivity index (χ0v) is 11.8. The van der Waals surface area contributed by atoms with Crippen molar-refractivity contribution in [1.29, 1.82) is 0 Å². The number of Topliss-reactive ketones (excluding diaryl/α,β-unsaturated/α-hetero) is 1. The quantitative estimate of drug-likeness (QED) is 0.788. The summed E-state index contributed by atoms with van der Waals surface area (Å²) < 4.78 is 5.81. The highest BCUT2D eigenvalue weighted by molar-refractivity contribution is 9.10. The fourth-order valence-electron chi connectivity index (χ4n) is 2.55. The third kappa shape index (κ3) is 2.64. The Hall–Kier alpha value is -1.16. The van der Waals surface area contributed by atoms with Crippen molar-refractivity contribution in [3.63, 3.8) is 0 Å². The molecular weight excluding hydrogens is 296 g/mol. The van der Waals surface area contributed by atoms with Crippen molar-refractivity contribution in [1.82, 2.24) is 0 Å². The molecule has 0 radical (unpaired) electrons. The van der Waals surface area contributed by atoms with Crippen molar-refractivity contribution in [2.45, 2.75) is 25.2 Å². The van der Waals surface area contributed by atoms with Gasteiger partial charge in [0.1, 0.15) is 5.78 Å². The van der Waals surface area contributed by atoms with E-state index in [0.29, 0.717) is 19.3 Å². The molecule has 0 aromatic heterocycles. The first-order chi connectivity index (χ1) is 8.63. The zero-order valence-electron chi connectivity index (χ0n) is 10.2. The second-order valence-corrected chi connectivity index (χ2v) is 5.39. The largest absolute Gasteiger partial charge is 0.469 e. The molecule has 0 amide bonds. The Morgan fingerprint density at radius 2 is 2.11 bits per heavy atom. The molecule has 2 rings (SSSR count). The zero-order chi connectivity index (χ0) is 13.1. The minimum atomic E-state index is -0.352. The average Bonchev–Trinajstić information content (AvgIpc) is 2.39. The first-order valence-corrected chi connectivity index (χ1v) is 6.76. The van der Waals surface area contributed by atoms with Crippen LogP contribution in [0.15, 0.2) is 28.7 Å². The van der Waals surface area contributed by atoms with Gasteiger partial charge in [-0.05, 0) is 24.0 Å². The number of hydrogen-bond donors (Lipinski definition) is 0. The van der Waals surface area contributed by atoms with Crippen LogP contribution in [0, 0.1) is 5.92 Å². The van der Waals surface area contributed by atoms with E-state index in [1.54, 1.807) is 0 Å². The van der Waals surface area contributed by atoms with E-state index in [2.05, 4.69) is 15.9 Å². The molecule has 0 bridgehead atoms. The molecule has 4 heteroatoms. The van der Waals surface area contributed by atoms with Crippen LogP contribution in [0.3, 0.4) is 0 Å². The van der Waals surface area contributed by atoms with Crippen molar-refractivity contribution in [2.75, 3.05) is 7.11 Å². The summed E-state index contributed by atoms with van der Waals surface area (Å²) in [5.74, 6) is -0.432. The highest BCUT2D eigenvalue weighted by atomic mass is 79.9. The molecule has 0 saturated heterocycles. The molecule has 0 N–H and O–H groups in total. The maximum Gasteiger partial charge on any atom is 0.309 e. The van der Waals surface area contributed by atoms with Crippen molar-refractivity contribution in [3.8, 4) is 0 Å². The first kappa shape index (κ1) is 13.3. The number of carbonyl (C=O) groups excluding carboxylic acids is 2. The van der Waals surface area contributed by atoms with E-state index in [1.165, 1.54) is 7.11 Å². The maximum absolute atomic E-state index is 11.8. The second-order valence-electron chi connectivity index (χ2n) is 4.54. The number of hydrogen-bond acceptors (Lipinski definition) is 3. The fourth-order valence-corrected chi connectivity index (χ4v) is 3.13. The van der Waals surface area contributed by atoms with Crippen molar-refractivity contribution >= 4 is 27.7 Å². The van der Waals surface area contributed by atoms with Crippen LogP contribution in [-0.4, -0.2) is 18.9 Å². The highest BCUT2D eigenvalue weighted by Gasteiger charge is 2.36. The average molecular weight is 311 g/mol. The minimum Gasteiger partial charge on any atom is -0.469 e. The molecule has 0 unspecified atom stereocenters. The van der Waals surface area contributed by atoms with E-state index in [9.17, 15) is 9.59 Å². The van der Waals surface area contributed by atoms with Gasteiger partial charge in [0, 0.05) is 17.3 Å². The summed E-state index contributed by atoms with van der Waals surface area (Å²) in [5, 5.41) is 0. The molecule has 0 aliphatic heterocycles. The number of carbonyl (C=O) groups is 2. The molecule has 1 saturated carbocycles. The van der Waals surface area contributed by atoms with Gasteiger partial charge in [0.2, 0.25) is 0 Å². The summed E-state index contributed by atoms with van der Waals surface area (Å²) >= 11 is 3.51. The summed E-state index contributed by atoms with van der Waals surface area (Å²) in [5.41, 5.74) is 1.08. The van der Waals surface area contributed by atoms with Gasteiger partial charge in [-0.3, -0.25) is 9.59 Å². The van der Waals surface area contributed by atoms with Gasteiger partial charge in [-0.1, -0.05) is 34.1 Å². The van der Waals surface area contributed by atoms with E-state index in [0.717, 1.165) is 10.0 Å².